The van der Waals surface area contributed by atoms with Crippen LogP contribution in [0.15, 0.2) is 72.5 Å². The van der Waals surface area contributed by atoms with E-state index in [4.69, 9.17) is 4.74 Å². The van der Waals surface area contributed by atoms with Crippen LogP contribution in [0, 0.1) is 6.92 Å². The normalized spacial score (nSPS) is 12.1. The number of hydrogen-bond acceptors (Lipinski definition) is 3. The van der Waals surface area contributed by atoms with Gasteiger partial charge < -0.3 is 14.7 Å². The summed E-state index contributed by atoms with van der Waals surface area (Å²) >= 11 is 0. The van der Waals surface area contributed by atoms with E-state index in [1.54, 1.807) is 19.2 Å². The Balaban J connectivity index is 2.69. The number of aliphatic hydroxyl groups is 1. The molecule has 0 fully saturated rings. The zero-order valence-corrected chi connectivity index (χ0v) is 16.3. The molecule has 0 saturated carbocycles. The minimum Gasteiger partial charge on any atom is -0.497 e. The van der Waals surface area contributed by atoms with Crippen molar-refractivity contribution < 1.29 is 14.2 Å². The van der Waals surface area contributed by atoms with E-state index in [0.717, 1.165) is 28.3 Å². The maximum Gasteiger partial charge on any atom is 0.125 e. The highest BCUT2D eigenvalue weighted by molar-refractivity contribution is 5.80. The van der Waals surface area contributed by atoms with Gasteiger partial charge in [0.05, 0.1) is 19.4 Å². The molecule has 0 heterocycles. The second-order valence-electron chi connectivity index (χ2n) is 6.39. The fraction of sp³-hybridized carbons (Fsp3) is 0.217. The lowest BCUT2D eigenvalue weighted by atomic mass is 10.1. The molecule has 4 heteroatoms. The van der Waals surface area contributed by atoms with Gasteiger partial charge in [-0.1, -0.05) is 24.8 Å². The molecule has 2 aromatic carbocycles. The molecule has 0 amide bonds. The monoisotopic (exact) mass is 367 g/mol. The van der Waals surface area contributed by atoms with Gasteiger partial charge in [0, 0.05) is 16.9 Å². The largest absolute Gasteiger partial charge is 0.497 e. The molecule has 2 aromatic rings. The first kappa shape index (κ1) is 20.5. The van der Waals surface area contributed by atoms with Crippen LogP contribution in [0.2, 0.25) is 0 Å². The van der Waals surface area contributed by atoms with Gasteiger partial charge in [-0.05, 0) is 68.3 Å². The second kappa shape index (κ2) is 9.19. The van der Waals surface area contributed by atoms with E-state index >= 15 is 0 Å². The molecule has 3 nitrogen and oxygen atoms in total. The first-order valence-electron chi connectivity index (χ1n) is 8.72. The number of halogens is 1. The van der Waals surface area contributed by atoms with Gasteiger partial charge in [-0.3, -0.25) is 0 Å². The minimum atomic E-state index is -0.489. The molecule has 2 rings (SSSR count). The van der Waals surface area contributed by atoms with E-state index in [1.807, 2.05) is 68.2 Å². The standard InChI is InChI=1S/C23H26FNO2/c1-16(15-26)10-11-18(3)25(22-13-12-20(27-5)14-17(22)2)23-9-7-6-8-21(23)19(4)24/h6-14,26H,4,15H2,1-3,5H3/b16-10+,18-11+. The first-order valence-corrected chi connectivity index (χ1v) is 8.72. The lowest BCUT2D eigenvalue weighted by Gasteiger charge is -2.29. The fourth-order valence-electron chi connectivity index (χ4n) is 2.80. The van der Waals surface area contributed by atoms with Crippen molar-refractivity contribution in [1.82, 2.24) is 0 Å². The maximum absolute atomic E-state index is 14.1. The summed E-state index contributed by atoms with van der Waals surface area (Å²) in [6, 6.07) is 13.0. The number of methoxy groups -OCH3 is 1. The molecule has 142 valence electrons. The Morgan fingerprint density at radius 2 is 1.85 bits per heavy atom. The Kier molecular flexibility index (Phi) is 6.97. The molecule has 0 aliphatic rings. The quantitative estimate of drug-likeness (QED) is 0.616. The molecule has 0 saturated heterocycles. The third-order valence-electron chi connectivity index (χ3n) is 4.29. The minimum absolute atomic E-state index is 0.0107. The molecule has 0 atom stereocenters. The number of hydrogen-bond donors (Lipinski definition) is 1. The summed E-state index contributed by atoms with van der Waals surface area (Å²) in [5, 5.41) is 9.25. The van der Waals surface area contributed by atoms with Crippen molar-refractivity contribution in [1.29, 1.82) is 0 Å². The van der Waals surface area contributed by atoms with Gasteiger partial charge in [0.15, 0.2) is 0 Å². The van der Waals surface area contributed by atoms with Crippen molar-refractivity contribution in [3.8, 4) is 5.75 Å². The molecular formula is C23H26FNO2. The van der Waals surface area contributed by atoms with Crippen LogP contribution >= 0.6 is 0 Å². The summed E-state index contributed by atoms with van der Waals surface area (Å²) in [4.78, 5) is 1.98. The highest BCUT2D eigenvalue weighted by atomic mass is 19.1. The summed E-state index contributed by atoms with van der Waals surface area (Å²) in [5.41, 5.74) is 4.75. The zero-order chi connectivity index (χ0) is 20.0. The predicted octanol–water partition coefficient (Wildman–Crippen LogP) is 5.92. The van der Waals surface area contributed by atoms with Crippen molar-refractivity contribution in [3.05, 3.63) is 83.6 Å². The Bertz CT molecular complexity index is 884. The van der Waals surface area contributed by atoms with Crippen LogP contribution < -0.4 is 9.64 Å². The Labute approximate surface area is 160 Å². The van der Waals surface area contributed by atoms with Crippen molar-refractivity contribution in [3.63, 3.8) is 0 Å². The number of anilines is 2. The van der Waals surface area contributed by atoms with Crippen molar-refractivity contribution in [2.75, 3.05) is 18.6 Å². The zero-order valence-electron chi connectivity index (χ0n) is 16.3. The molecule has 0 spiro atoms. The van der Waals surface area contributed by atoms with Gasteiger partial charge in [-0.25, -0.2) is 4.39 Å². The second-order valence-corrected chi connectivity index (χ2v) is 6.39. The Hall–Kier alpha value is -2.85. The predicted molar refractivity (Wildman–Crippen MR) is 111 cm³/mol. The molecule has 0 aromatic heterocycles. The number of para-hydroxylation sites is 1. The summed E-state index contributed by atoms with van der Waals surface area (Å²) in [6.45, 7) is 9.25. The van der Waals surface area contributed by atoms with Crippen LogP contribution in [0.4, 0.5) is 15.8 Å². The molecule has 0 unspecified atom stereocenters. The van der Waals surface area contributed by atoms with E-state index in [-0.39, 0.29) is 6.61 Å². The molecule has 0 aliphatic heterocycles. The van der Waals surface area contributed by atoms with Crippen LogP contribution in [-0.4, -0.2) is 18.8 Å². The first-order chi connectivity index (χ1) is 12.9. The number of allylic oxidation sites excluding steroid dienone is 3. The topological polar surface area (TPSA) is 32.7 Å². The highest BCUT2D eigenvalue weighted by Gasteiger charge is 2.18. The van der Waals surface area contributed by atoms with Crippen molar-refractivity contribution in [2.45, 2.75) is 20.8 Å². The number of aliphatic hydroxyl groups excluding tert-OH is 1. The number of benzene rings is 2. The van der Waals surface area contributed by atoms with E-state index in [0.29, 0.717) is 11.3 Å². The van der Waals surface area contributed by atoms with E-state index in [1.165, 1.54) is 0 Å². The summed E-state index contributed by atoms with van der Waals surface area (Å²) < 4.78 is 19.4. The van der Waals surface area contributed by atoms with Crippen molar-refractivity contribution >= 4 is 17.2 Å². The lowest BCUT2D eigenvalue weighted by molar-refractivity contribution is 0.331. The molecule has 0 aliphatic carbocycles. The summed E-state index contributed by atoms with van der Waals surface area (Å²) in [6.07, 6.45) is 3.76. The van der Waals surface area contributed by atoms with Gasteiger partial charge in [-0.15, -0.1) is 0 Å². The highest BCUT2D eigenvalue weighted by Crippen LogP contribution is 2.38. The van der Waals surface area contributed by atoms with Gasteiger partial charge in [-0.2, -0.15) is 0 Å². The van der Waals surface area contributed by atoms with Crippen LogP contribution in [0.1, 0.15) is 25.0 Å². The van der Waals surface area contributed by atoms with Crippen LogP contribution in [0.5, 0.6) is 5.75 Å². The maximum atomic E-state index is 14.1. The van der Waals surface area contributed by atoms with Crippen LogP contribution in [0.3, 0.4) is 0 Å². The fourth-order valence-corrected chi connectivity index (χ4v) is 2.80. The smallest absolute Gasteiger partial charge is 0.125 e. The van der Waals surface area contributed by atoms with Crippen molar-refractivity contribution in [2.24, 2.45) is 0 Å². The van der Waals surface area contributed by atoms with E-state index in [2.05, 4.69) is 6.58 Å². The van der Waals surface area contributed by atoms with Gasteiger partial charge >= 0.3 is 0 Å². The molecule has 1 N–H and O–H groups in total. The summed E-state index contributed by atoms with van der Waals surface area (Å²) in [5.74, 6) is 0.272. The molecule has 0 radical (unpaired) electrons. The lowest BCUT2D eigenvalue weighted by Crippen LogP contribution is -2.17. The van der Waals surface area contributed by atoms with Gasteiger partial charge in [0.25, 0.3) is 0 Å². The van der Waals surface area contributed by atoms with E-state index < -0.39 is 5.83 Å². The third kappa shape index (κ3) is 4.86. The molecule has 0 bridgehead atoms. The van der Waals surface area contributed by atoms with E-state index in [9.17, 15) is 9.50 Å². The summed E-state index contributed by atoms with van der Waals surface area (Å²) in [7, 11) is 1.63. The number of nitrogens with zero attached hydrogens (tertiary/aromatic N) is 1. The molecule has 27 heavy (non-hydrogen) atoms. The number of rotatable bonds is 7. The van der Waals surface area contributed by atoms with Gasteiger partial charge in [0.1, 0.15) is 11.6 Å². The number of aryl methyl sites for hydroxylation is 1. The average Bonchev–Trinajstić information content (AvgIpc) is 2.67. The number of ether oxygens (including phenoxy) is 1. The van der Waals surface area contributed by atoms with Crippen LogP contribution in [-0.2, 0) is 0 Å². The Morgan fingerprint density at radius 1 is 1.15 bits per heavy atom. The Morgan fingerprint density at radius 3 is 2.44 bits per heavy atom. The van der Waals surface area contributed by atoms with Gasteiger partial charge in [0.2, 0.25) is 0 Å². The SMILES string of the molecule is C=C(F)c1ccccc1N(/C(C)=C/C=C(\C)CO)c1ccc(OC)cc1C. The third-order valence-corrected chi connectivity index (χ3v) is 4.29. The molecular weight excluding hydrogens is 341 g/mol. The average molecular weight is 367 g/mol. The van der Waals surface area contributed by atoms with Crippen LogP contribution in [0.25, 0.3) is 5.83 Å².